The molecule has 0 rings (SSSR count). The highest BCUT2D eigenvalue weighted by Crippen LogP contribution is 2.23. The number of carbonyl (C=O) groups is 2. The second-order valence-corrected chi connectivity index (χ2v) is 3.06. The topological polar surface area (TPSA) is 150 Å². The van der Waals surface area contributed by atoms with Gasteiger partial charge in [0.1, 0.15) is 6.61 Å². The van der Waals surface area contributed by atoms with E-state index in [2.05, 4.69) is 4.52 Å². The average Bonchev–Trinajstić information content (AvgIpc) is 1.97. The summed E-state index contributed by atoms with van der Waals surface area (Å²) in [5, 5.41) is 18.2. The van der Waals surface area contributed by atoms with E-state index in [0.717, 1.165) is 0 Å². The third-order valence-electron chi connectivity index (χ3n) is 0.893. The van der Waals surface area contributed by atoms with Crippen molar-refractivity contribution in [3.8, 4) is 0 Å². The molecule has 0 saturated carbocycles. The molecule has 1 N–H and O–H groups in total. The van der Waals surface area contributed by atoms with Crippen molar-refractivity contribution in [2.45, 2.75) is 6.10 Å². The Hall–Kier alpha value is -0.790. The van der Waals surface area contributed by atoms with E-state index in [1.165, 1.54) is 0 Å². The molecule has 0 aliphatic rings. The van der Waals surface area contributed by atoms with Crippen molar-refractivity contribution < 1.29 is 38.7 Å². The van der Waals surface area contributed by atoms with E-state index >= 15 is 0 Å². The van der Waals surface area contributed by atoms with Crippen LogP contribution < -0.4 is 14.9 Å². The second-order valence-electron chi connectivity index (χ2n) is 1.91. The lowest BCUT2D eigenvalue weighted by Gasteiger charge is -2.28. The van der Waals surface area contributed by atoms with Gasteiger partial charge in [0.25, 0.3) is 0 Å². The van der Waals surface area contributed by atoms with E-state index in [1.807, 2.05) is 0 Å². The minimum atomic E-state index is -5.33. The first-order valence-electron chi connectivity index (χ1n) is 2.82. The summed E-state index contributed by atoms with van der Waals surface area (Å²) in [4.78, 5) is 39.8. The number of ketones is 1. The Morgan fingerprint density at radius 1 is 1.46 bits per heavy atom. The van der Waals surface area contributed by atoms with Gasteiger partial charge in [-0.15, -0.1) is 0 Å². The van der Waals surface area contributed by atoms with Gasteiger partial charge in [0.2, 0.25) is 0 Å². The Morgan fingerprint density at radius 3 is 2.23 bits per heavy atom. The Morgan fingerprint density at radius 2 is 1.92 bits per heavy atom. The molecule has 0 bridgehead atoms. The first kappa shape index (κ1) is 12.2. The highest BCUT2D eigenvalue weighted by atomic mass is 31.2. The van der Waals surface area contributed by atoms with E-state index in [-0.39, 0.29) is 0 Å². The number of carboxylic acids is 1. The van der Waals surface area contributed by atoms with Crippen LogP contribution in [0, 0.1) is 0 Å². The molecule has 1 atom stereocenters. The van der Waals surface area contributed by atoms with Gasteiger partial charge in [-0.1, -0.05) is 0 Å². The zero-order valence-electron chi connectivity index (χ0n) is 6.04. The lowest BCUT2D eigenvalue weighted by Crippen LogP contribution is -2.42. The molecule has 0 aromatic heterocycles. The summed E-state index contributed by atoms with van der Waals surface area (Å²) in [6.45, 7) is -1.32. The molecule has 9 heteroatoms. The molecule has 0 aliphatic carbocycles. The number of carbonyl (C=O) groups excluding carboxylic acids is 2. The van der Waals surface area contributed by atoms with Crippen molar-refractivity contribution in [3.05, 3.63) is 0 Å². The summed E-state index contributed by atoms with van der Waals surface area (Å²) in [5.41, 5.74) is 0. The van der Waals surface area contributed by atoms with Crippen LogP contribution in [0.5, 0.6) is 0 Å². The zero-order valence-corrected chi connectivity index (χ0v) is 6.93. The molecule has 8 nitrogen and oxygen atoms in total. The van der Waals surface area contributed by atoms with E-state index in [0.29, 0.717) is 0 Å². The molecule has 76 valence electrons. The molecule has 0 aliphatic heterocycles. The Bertz CT molecular complexity index is 253. The van der Waals surface area contributed by atoms with Gasteiger partial charge in [-0.25, -0.2) is 0 Å². The monoisotopic (exact) mass is 211 g/mol. The van der Waals surface area contributed by atoms with E-state index in [1.54, 1.807) is 0 Å². The van der Waals surface area contributed by atoms with Crippen molar-refractivity contribution in [1.82, 2.24) is 0 Å². The molecule has 0 spiro atoms. The average molecular weight is 211 g/mol. The molecule has 0 heterocycles. The van der Waals surface area contributed by atoms with E-state index in [4.69, 9.17) is 5.11 Å². The van der Waals surface area contributed by atoms with Gasteiger partial charge in [0.05, 0.1) is 13.8 Å². The minimum Gasteiger partial charge on any atom is -0.790 e. The summed E-state index contributed by atoms with van der Waals surface area (Å²) in [5.74, 6) is -3.58. The van der Waals surface area contributed by atoms with Gasteiger partial charge >= 0.3 is 0 Å². The van der Waals surface area contributed by atoms with Crippen molar-refractivity contribution in [3.63, 3.8) is 0 Å². The van der Waals surface area contributed by atoms with Crippen LogP contribution in [0.2, 0.25) is 0 Å². The van der Waals surface area contributed by atoms with Gasteiger partial charge in [-0.3, -0.25) is 4.79 Å². The molecule has 0 aromatic carbocycles. The normalized spacial score (nSPS) is 13.8. The van der Waals surface area contributed by atoms with Crippen molar-refractivity contribution in [1.29, 1.82) is 0 Å². The highest BCUT2D eigenvalue weighted by molar-refractivity contribution is 7.43. The van der Waals surface area contributed by atoms with Crippen LogP contribution in [-0.2, 0) is 18.7 Å². The predicted octanol–water partition coefficient (Wildman–Crippen LogP) is -4.49. The molecule has 0 unspecified atom stereocenters. The molecular formula is C4H4O8P-3. The standard InChI is InChI=1S/C4H7O8P/c5-2(3(6)4(7)8)1-12-13(9,10)11/h3,6H,1H2,(H,7,8)(H2,9,10,11)/p-3/t3-/m1/s1. The van der Waals surface area contributed by atoms with Crippen molar-refractivity contribution in [2.24, 2.45) is 0 Å². The molecule has 13 heavy (non-hydrogen) atoms. The van der Waals surface area contributed by atoms with Crippen molar-refractivity contribution >= 4 is 19.6 Å². The third kappa shape index (κ3) is 5.45. The summed E-state index contributed by atoms with van der Waals surface area (Å²) >= 11 is 0. The first-order chi connectivity index (χ1) is 5.74. The van der Waals surface area contributed by atoms with Crippen LogP contribution >= 0.6 is 7.82 Å². The number of Topliss-reactive ketones (excluding diaryl/α,β-unsaturated/α-hetero) is 1. The van der Waals surface area contributed by atoms with Gasteiger partial charge in [-0.2, -0.15) is 0 Å². The van der Waals surface area contributed by atoms with Crippen LogP contribution in [0.4, 0.5) is 0 Å². The first-order valence-corrected chi connectivity index (χ1v) is 4.28. The highest BCUT2D eigenvalue weighted by Gasteiger charge is 2.16. The second kappa shape index (κ2) is 4.45. The fourth-order valence-corrected chi connectivity index (χ4v) is 0.638. The van der Waals surface area contributed by atoms with Crippen molar-refractivity contribution in [2.75, 3.05) is 6.61 Å². The number of aliphatic hydroxyl groups is 1. The summed E-state index contributed by atoms with van der Waals surface area (Å²) < 4.78 is 13.2. The maximum atomic E-state index is 10.4. The summed E-state index contributed by atoms with van der Waals surface area (Å²) in [7, 11) is -5.33. The number of carboxylic acid groups (broad SMARTS) is 1. The minimum absolute atomic E-state index is 1.32. The zero-order chi connectivity index (χ0) is 10.6. The smallest absolute Gasteiger partial charge is 0.192 e. The number of hydrogen-bond acceptors (Lipinski definition) is 8. The lowest BCUT2D eigenvalue weighted by molar-refractivity contribution is -0.341. The van der Waals surface area contributed by atoms with Crippen LogP contribution in [0.15, 0.2) is 0 Å². The molecular weight excluding hydrogens is 207 g/mol. The largest absolute Gasteiger partial charge is 0.790 e. The Labute approximate surface area is 72.0 Å². The molecule has 0 fully saturated rings. The summed E-state index contributed by atoms with van der Waals surface area (Å²) in [6, 6.07) is 0. The number of aliphatic carboxylic acids is 1. The van der Waals surface area contributed by atoms with Gasteiger partial charge < -0.3 is 33.9 Å². The maximum absolute atomic E-state index is 10.4. The number of phosphoric ester groups is 1. The number of aliphatic hydroxyl groups excluding tert-OH is 1. The third-order valence-corrected chi connectivity index (χ3v) is 1.34. The SMILES string of the molecule is O=C([O-])[C@H](O)C(=O)COP(=O)([O-])[O-]. The van der Waals surface area contributed by atoms with Gasteiger partial charge in [0.15, 0.2) is 11.9 Å². The molecule has 0 radical (unpaired) electrons. The number of hydrogen-bond donors (Lipinski definition) is 1. The van der Waals surface area contributed by atoms with Gasteiger partial charge in [-0.05, 0) is 0 Å². The quantitative estimate of drug-likeness (QED) is 0.353. The fraction of sp³-hybridized carbons (Fsp3) is 0.500. The maximum Gasteiger partial charge on any atom is 0.192 e. The number of phosphoric acid groups is 1. The van der Waals surface area contributed by atoms with Crippen LogP contribution in [0.3, 0.4) is 0 Å². The number of rotatable bonds is 5. The van der Waals surface area contributed by atoms with Crippen LogP contribution in [-0.4, -0.2) is 29.6 Å². The summed E-state index contributed by atoms with van der Waals surface area (Å²) in [6.07, 6.45) is -2.49. The van der Waals surface area contributed by atoms with Crippen LogP contribution in [0.25, 0.3) is 0 Å². The fourth-order valence-electron chi connectivity index (χ4n) is 0.353. The predicted molar refractivity (Wildman–Crippen MR) is 29.6 cm³/mol. The van der Waals surface area contributed by atoms with E-state index < -0.39 is 32.3 Å². The van der Waals surface area contributed by atoms with E-state index in [9.17, 15) is 29.0 Å². The lowest BCUT2D eigenvalue weighted by atomic mass is 10.2. The van der Waals surface area contributed by atoms with Crippen LogP contribution in [0.1, 0.15) is 0 Å². The molecule has 0 saturated heterocycles. The van der Waals surface area contributed by atoms with Gasteiger partial charge in [0, 0.05) is 0 Å². The molecule has 0 amide bonds. The molecule has 0 aromatic rings. The Balaban J connectivity index is 4.03. The Kier molecular flexibility index (Phi) is 4.18.